The number of carbonyl (C=O) groups excluding carboxylic acids is 1. The van der Waals surface area contributed by atoms with E-state index < -0.39 is 0 Å². The molecule has 0 saturated heterocycles. The van der Waals surface area contributed by atoms with Crippen molar-refractivity contribution >= 4 is 5.91 Å². The van der Waals surface area contributed by atoms with Gasteiger partial charge in [-0.05, 0) is 20.8 Å². The number of aromatic nitrogens is 2. The molecule has 0 bridgehead atoms. The minimum atomic E-state index is 0.0461. The lowest BCUT2D eigenvalue weighted by molar-refractivity contribution is -0.121. The standard InChI is InChI=1S/C12H22N4O/c1-12(2,3)15-6-5-11(17)14-9-10-13-7-8-16(10)4/h7-8,15H,5-6,9H2,1-4H3,(H,14,17). The normalized spacial score (nSPS) is 11.5. The second kappa shape index (κ2) is 5.82. The topological polar surface area (TPSA) is 59.0 Å². The van der Waals surface area contributed by atoms with E-state index in [0.29, 0.717) is 19.5 Å². The van der Waals surface area contributed by atoms with Crippen LogP contribution in [0, 0.1) is 0 Å². The Morgan fingerprint density at radius 3 is 2.71 bits per heavy atom. The third-order valence-electron chi connectivity index (χ3n) is 2.37. The van der Waals surface area contributed by atoms with Crippen LogP contribution in [-0.2, 0) is 18.4 Å². The van der Waals surface area contributed by atoms with E-state index in [1.165, 1.54) is 0 Å². The molecule has 0 unspecified atom stereocenters. The van der Waals surface area contributed by atoms with Gasteiger partial charge in [0, 0.05) is 37.9 Å². The van der Waals surface area contributed by atoms with Crippen LogP contribution in [0.3, 0.4) is 0 Å². The first-order valence-corrected chi connectivity index (χ1v) is 5.86. The number of rotatable bonds is 5. The molecule has 96 valence electrons. The summed E-state index contributed by atoms with van der Waals surface area (Å²) >= 11 is 0. The number of hydrogen-bond donors (Lipinski definition) is 2. The molecule has 5 heteroatoms. The fourth-order valence-electron chi connectivity index (χ4n) is 1.38. The van der Waals surface area contributed by atoms with Crippen LogP contribution < -0.4 is 10.6 Å². The Kier molecular flexibility index (Phi) is 4.69. The summed E-state index contributed by atoms with van der Waals surface area (Å²) in [5.74, 6) is 0.909. The van der Waals surface area contributed by atoms with Gasteiger partial charge >= 0.3 is 0 Å². The number of imidazole rings is 1. The number of carbonyl (C=O) groups is 1. The molecule has 0 aliphatic carbocycles. The largest absolute Gasteiger partial charge is 0.349 e. The number of nitrogens with zero attached hydrogens (tertiary/aromatic N) is 2. The van der Waals surface area contributed by atoms with Gasteiger partial charge in [-0.3, -0.25) is 4.79 Å². The Labute approximate surface area is 103 Å². The molecule has 0 saturated carbocycles. The second-order valence-electron chi connectivity index (χ2n) is 5.16. The van der Waals surface area contributed by atoms with Crippen molar-refractivity contribution < 1.29 is 4.79 Å². The van der Waals surface area contributed by atoms with Gasteiger partial charge in [-0.2, -0.15) is 0 Å². The van der Waals surface area contributed by atoms with Gasteiger partial charge in [0.05, 0.1) is 6.54 Å². The highest BCUT2D eigenvalue weighted by Crippen LogP contribution is 1.98. The van der Waals surface area contributed by atoms with Crippen molar-refractivity contribution in [1.82, 2.24) is 20.2 Å². The maximum atomic E-state index is 11.5. The molecule has 5 nitrogen and oxygen atoms in total. The van der Waals surface area contributed by atoms with Gasteiger partial charge in [0.2, 0.25) is 5.91 Å². The molecular weight excluding hydrogens is 216 g/mol. The number of hydrogen-bond acceptors (Lipinski definition) is 3. The van der Waals surface area contributed by atoms with E-state index >= 15 is 0 Å². The van der Waals surface area contributed by atoms with E-state index in [1.54, 1.807) is 6.20 Å². The minimum absolute atomic E-state index is 0.0461. The molecule has 1 aromatic rings. The fourth-order valence-corrected chi connectivity index (χ4v) is 1.38. The van der Waals surface area contributed by atoms with Gasteiger partial charge < -0.3 is 15.2 Å². The SMILES string of the molecule is Cn1ccnc1CNC(=O)CCNC(C)(C)C. The summed E-state index contributed by atoms with van der Waals surface area (Å²) in [6.45, 7) is 7.42. The molecule has 0 atom stereocenters. The molecule has 0 aliphatic rings. The molecule has 1 amide bonds. The lowest BCUT2D eigenvalue weighted by atomic mass is 10.1. The molecule has 0 aromatic carbocycles. The quantitative estimate of drug-likeness (QED) is 0.798. The molecule has 1 rings (SSSR count). The molecule has 0 fully saturated rings. The Hall–Kier alpha value is -1.36. The highest BCUT2D eigenvalue weighted by atomic mass is 16.1. The molecule has 1 aromatic heterocycles. The van der Waals surface area contributed by atoms with Crippen LogP contribution in [0.4, 0.5) is 0 Å². The maximum Gasteiger partial charge on any atom is 0.221 e. The van der Waals surface area contributed by atoms with E-state index in [2.05, 4.69) is 36.4 Å². The number of nitrogens with one attached hydrogen (secondary N) is 2. The Bertz CT molecular complexity index is 365. The fraction of sp³-hybridized carbons (Fsp3) is 0.667. The van der Waals surface area contributed by atoms with Crippen LogP contribution in [-0.4, -0.2) is 27.5 Å². The van der Waals surface area contributed by atoms with E-state index in [-0.39, 0.29) is 11.4 Å². The molecule has 0 aliphatic heterocycles. The van der Waals surface area contributed by atoms with Crippen molar-refractivity contribution in [2.45, 2.75) is 39.3 Å². The average Bonchev–Trinajstić information content (AvgIpc) is 2.59. The highest BCUT2D eigenvalue weighted by molar-refractivity contribution is 5.75. The molecule has 17 heavy (non-hydrogen) atoms. The monoisotopic (exact) mass is 238 g/mol. The van der Waals surface area contributed by atoms with Crippen LogP contribution >= 0.6 is 0 Å². The van der Waals surface area contributed by atoms with E-state index in [4.69, 9.17) is 0 Å². The third kappa shape index (κ3) is 5.49. The van der Waals surface area contributed by atoms with Crippen molar-refractivity contribution in [2.24, 2.45) is 7.05 Å². The van der Waals surface area contributed by atoms with Gasteiger partial charge in [-0.15, -0.1) is 0 Å². The third-order valence-corrected chi connectivity index (χ3v) is 2.37. The van der Waals surface area contributed by atoms with E-state index in [1.807, 2.05) is 17.8 Å². The summed E-state index contributed by atoms with van der Waals surface area (Å²) in [5.41, 5.74) is 0.0555. The molecule has 2 N–H and O–H groups in total. The highest BCUT2D eigenvalue weighted by Gasteiger charge is 2.09. The molecule has 1 heterocycles. The molecular formula is C12H22N4O. The lowest BCUT2D eigenvalue weighted by Crippen LogP contribution is -2.38. The zero-order chi connectivity index (χ0) is 12.9. The van der Waals surface area contributed by atoms with Gasteiger partial charge in [0.25, 0.3) is 0 Å². The van der Waals surface area contributed by atoms with Crippen molar-refractivity contribution in [2.75, 3.05) is 6.54 Å². The van der Waals surface area contributed by atoms with Crippen LogP contribution in [0.5, 0.6) is 0 Å². The zero-order valence-electron chi connectivity index (χ0n) is 11.1. The van der Waals surface area contributed by atoms with Gasteiger partial charge in [-0.25, -0.2) is 4.98 Å². The summed E-state index contributed by atoms with van der Waals surface area (Å²) in [6, 6.07) is 0. The average molecular weight is 238 g/mol. The smallest absolute Gasteiger partial charge is 0.221 e. The first kappa shape index (κ1) is 13.7. The van der Waals surface area contributed by atoms with Gasteiger partial charge in [-0.1, -0.05) is 0 Å². The Morgan fingerprint density at radius 2 is 2.18 bits per heavy atom. The van der Waals surface area contributed by atoms with Crippen molar-refractivity contribution in [3.05, 3.63) is 18.2 Å². The first-order chi connectivity index (χ1) is 7.88. The summed E-state index contributed by atoms with van der Waals surface area (Å²) in [5, 5.41) is 6.13. The Morgan fingerprint density at radius 1 is 1.47 bits per heavy atom. The summed E-state index contributed by atoms with van der Waals surface area (Å²) < 4.78 is 1.90. The van der Waals surface area contributed by atoms with Crippen molar-refractivity contribution in [3.63, 3.8) is 0 Å². The van der Waals surface area contributed by atoms with Crippen LogP contribution in [0.2, 0.25) is 0 Å². The van der Waals surface area contributed by atoms with Crippen LogP contribution in [0.15, 0.2) is 12.4 Å². The number of aryl methyl sites for hydroxylation is 1. The Balaban J connectivity index is 2.20. The predicted molar refractivity (Wildman–Crippen MR) is 67.4 cm³/mol. The van der Waals surface area contributed by atoms with Gasteiger partial charge in [0.15, 0.2) is 0 Å². The summed E-state index contributed by atoms with van der Waals surface area (Å²) in [4.78, 5) is 15.7. The number of amides is 1. The zero-order valence-corrected chi connectivity index (χ0v) is 11.1. The lowest BCUT2D eigenvalue weighted by Gasteiger charge is -2.20. The molecule has 0 radical (unpaired) electrons. The first-order valence-electron chi connectivity index (χ1n) is 5.86. The van der Waals surface area contributed by atoms with Gasteiger partial charge in [0.1, 0.15) is 5.82 Å². The summed E-state index contributed by atoms with van der Waals surface area (Å²) in [7, 11) is 1.91. The van der Waals surface area contributed by atoms with E-state index in [0.717, 1.165) is 5.82 Å². The van der Waals surface area contributed by atoms with E-state index in [9.17, 15) is 4.79 Å². The summed E-state index contributed by atoms with van der Waals surface area (Å²) in [6.07, 6.45) is 4.08. The maximum absolute atomic E-state index is 11.5. The molecule has 0 spiro atoms. The predicted octanol–water partition coefficient (Wildman–Crippen LogP) is 0.814. The second-order valence-corrected chi connectivity index (χ2v) is 5.16. The van der Waals surface area contributed by atoms with Crippen molar-refractivity contribution in [3.8, 4) is 0 Å². The van der Waals surface area contributed by atoms with Crippen molar-refractivity contribution in [1.29, 1.82) is 0 Å². The van der Waals surface area contributed by atoms with Crippen LogP contribution in [0.1, 0.15) is 33.0 Å². The minimum Gasteiger partial charge on any atom is -0.349 e. The van der Waals surface area contributed by atoms with Crippen LogP contribution in [0.25, 0.3) is 0 Å².